The molecule has 3 rings (SSSR count). The Morgan fingerprint density at radius 3 is 2.36 bits per heavy atom. The summed E-state index contributed by atoms with van der Waals surface area (Å²) in [6.45, 7) is 1.47. The van der Waals surface area contributed by atoms with E-state index in [4.69, 9.17) is 4.74 Å². The number of esters is 1. The molecule has 0 aliphatic rings. The van der Waals surface area contributed by atoms with Gasteiger partial charge in [0, 0.05) is 30.9 Å². The number of nitrogens with zero attached hydrogens (tertiary/aromatic N) is 2. The maximum absolute atomic E-state index is 12.5. The van der Waals surface area contributed by atoms with Crippen molar-refractivity contribution >= 4 is 34.0 Å². The first-order chi connectivity index (χ1) is 13.4. The molecule has 2 aromatic carbocycles. The minimum Gasteiger partial charge on any atom is -0.448 e. The largest absolute Gasteiger partial charge is 0.448 e. The second kappa shape index (κ2) is 7.91. The molecule has 3 aromatic rings. The molecule has 8 heteroatoms. The van der Waals surface area contributed by atoms with E-state index in [1.165, 1.54) is 6.92 Å². The normalized spacial score (nSPS) is 11.7. The molecule has 0 radical (unpaired) electrons. The lowest BCUT2D eigenvalue weighted by atomic mass is 10.1. The first-order valence-electron chi connectivity index (χ1n) is 8.63. The highest BCUT2D eigenvalue weighted by Gasteiger charge is 2.22. The number of anilines is 2. The van der Waals surface area contributed by atoms with Gasteiger partial charge in [0.25, 0.3) is 11.5 Å². The van der Waals surface area contributed by atoms with E-state index < -0.39 is 23.5 Å². The molecule has 0 aliphatic heterocycles. The van der Waals surface area contributed by atoms with Gasteiger partial charge in [-0.2, -0.15) is 5.10 Å². The van der Waals surface area contributed by atoms with Crippen LogP contribution in [-0.2, 0) is 9.53 Å². The second-order valence-electron chi connectivity index (χ2n) is 6.43. The quantitative estimate of drug-likeness (QED) is 0.658. The number of nitrogens with one attached hydrogen (secondary N) is 2. The summed E-state index contributed by atoms with van der Waals surface area (Å²) < 4.78 is 5.24. The lowest BCUT2D eigenvalue weighted by Gasteiger charge is -2.15. The molecule has 0 saturated carbocycles. The fourth-order valence-corrected chi connectivity index (χ4v) is 2.63. The number of carbonyl (C=O) groups is 2. The lowest BCUT2D eigenvalue weighted by molar-refractivity contribution is -0.123. The molecule has 0 fully saturated rings. The summed E-state index contributed by atoms with van der Waals surface area (Å²) in [5, 5.41) is 9.43. The summed E-state index contributed by atoms with van der Waals surface area (Å²) in [6, 6.07) is 13.8. The van der Waals surface area contributed by atoms with Crippen molar-refractivity contribution in [1.29, 1.82) is 0 Å². The fourth-order valence-electron chi connectivity index (χ4n) is 2.63. The first kappa shape index (κ1) is 19.1. The number of hydrogen-bond acceptors (Lipinski definition) is 6. The molecule has 0 saturated heterocycles. The van der Waals surface area contributed by atoms with E-state index in [0.717, 1.165) is 5.69 Å². The molecule has 0 bridgehead atoms. The van der Waals surface area contributed by atoms with Crippen molar-refractivity contribution in [3.05, 3.63) is 64.6 Å². The number of H-pyrrole nitrogens is 1. The van der Waals surface area contributed by atoms with E-state index in [1.54, 1.807) is 36.4 Å². The topological polar surface area (TPSA) is 104 Å². The minimum atomic E-state index is -1.05. The molecule has 1 atom stereocenters. The van der Waals surface area contributed by atoms with Crippen LogP contribution in [0.2, 0.25) is 0 Å². The van der Waals surface area contributed by atoms with Crippen LogP contribution >= 0.6 is 0 Å². The summed E-state index contributed by atoms with van der Waals surface area (Å²) >= 11 is 0. The molecule has 8 nitrogen and oxygen atoms in total. The number of aromatic amines is 1. The number of fused-ring (bicyclic) bond motifs is 1. The van der Waals surface area contributed by atoms with Crippen molar-refractivity contribution in [2.45, 2.75) is 13.0 Å². The molecule has 2 N–H and O–H groups in total. The van der Waals surface area contributed by atoms with Crippen molar-refractivity contribution in [3.63, 3.8) is 0 Å². The standard InChI is InChI=1S/C20H20N4O4/c1-12(18(25)21-13-8-10-14(11-9-13)24(2)3)28-20(27)17-15-6-4-5-7-16(15)19(26)23-22-17/h4-12H,1-3H3,(H,21,25)(H,23,26). The summed E-state index contributed by atoms with van der Waals surface area (Å²) in [7, 11) is 3.84. The summed E-state index contributed by atoms with van der Waals surface area (Å²) in [6.07, 6.45) is -1.05. The highest BCUT2D eigenvalue weighted by Crippen LogP contribution is 2.17. The van der Waals surface area contributed by atoms with Gasteiger partial charge in [0.1, 0.15) is 0 Å². The number of amides is 1. The van der Waals surface area contributed by atoms with Crippen molar-refractivity contribution < 1.29 is 14.3 Å². The third-order valence-corrected chi connectivity index (χ3v) is 4.19. The van der Waals surface area contributed by atoms with Gasteiger partial charge in [0.2, 0.25) is 0 Å². The maximum Gasteiger partial charge on any atom is 0.360 e. The van der Waals surface area contributed by atoms with Gasteiger partial charge < -0.3 is 15.0 Å². The molecule has 28 heavy (non-hydrogen) atoms. The number of benzene rings is 2. The maximum atomic E-state index is 12.5. The van der Waals surface area contributed by atoms with Crippen molar-refractivity contribution in [2.24, 2.45) is 0 Å². The van der Waals surface area contributed by atoms with Crippen LogP contribution in [0.5, 0.6) is 0 Å². The smallest absolute Gasteiger partial charge is 0.360 e. The van der Waals surface area contributed by atoms with Gasteiger partial charge in [-0.3, -0.25) is 9.59 Å². The van der Waals surface area contributed by atoms with E-state index in [2.05, 4.69) is 15.5 Å². The zero-order valence-corrected chi connectivity index (χ0v) is 15.7. The molecule has 1 unspecified atom stereocenters. The van der Waals surface area contributed by atoms with E-state index in [0.29, 0.717) is 16.5 Å². The third-order valence-electron chi connectivity index (χ3n) is 4.19. The average Bonchev–Trinajstić information content (AvgIpc) is 2.68. The SMILES string of the molecule is CC(OC(=O)c1n[nH]c(=O)c2ccccc12)C(=O)Nc1ccc(N(C)C)cc1. The lowest BCUT2D eigenvalue weighted by Crippen LogP contribution is -2.30. The van der Waals surface area contributed by atoms with Crippen molar-refractivity contribution in [2.75, 3.05) is 24.3 Å². The number of aromatic nitrogens is 2. The third kappa shape index (κ3) is 4.01. The molecular weight excluding hydrogens is 360 g/mol. The highest BCUT2D eigenvalue weighted by atomic mass is 16.5. The Hall–Kier alpha value is -3.68. The Balaban J connectivity index is 1.71. The van der Waals surface area contributed by atoms with Crippen LogP contribution in [0.25, 0.3) is 10.8 Å². The van der Waals surface area contributed by atoms with Crippen molar-refractivity contribution in [3.8, 4) is 0 Å². The molecule has 144 valence electrons. The van der Waals surface area contributed by atoms with Crippen LogP contribution < -0.4 is 15.8 Å². The molecule has 0 aliphatic carbocycles. The van der Waals surface area contributed by atoms with E-state index >= 15 is 0 Å². The number of ether oxygens (including phenoxy) is 1. The predicted octanol–water partition coefficient (Wildman–Crippen LogP) is 2.17. The number of carbonyl (C=O) groups excluding carboxylic acids is 2. The Kier molecular flexibility index (Phi) is 5.39. The monoisotopic (exact) mass is 380 g/mol. The fraction of sp³-hybridized carbons (Fsp3) is 0.200. The van der Waals surface area contributed by atoms with Gasteiger partial charge in [0.15, 0.2) is 11.8 Å². The Morgan fingerprint density at radius 2 is 1.71 bits per heavy atom. The molecular formula is C20H20N4O4. The van der Waals surface area contributed by atoms with E-state index in [9.17, 15) is 14.4 Å². The van der Waals surface area contributed by atoms with Gasteiger partial charge in [-0.25, -0.2) is 9.89 Å². The zero-order chi connectivity index (χ0) is 20.3. The summed E-state index contributed by atoms with van der Waals surface area (Å²) in [4.78, 5) is 38.6. The van der Waals surface area contributed by atoms with Gasteiger partial charge in [-0.15, -0.1) is 0 Å². The molecule has 1 aromatic heterocycles. The van der Waals surface area contributed by atoms with Crippen molar-refractivity contribution in [1.82, 2.24) is 10.2 Å². The van der Waals surface area contributed by atoms with Gasteiger partial charge in [-0.05, 0) is 37.3 Å². The van der Waals surface area contributed by atoms with Gasteiger partial charge in [-0.1, -0.05) is 18.2 Å². The Bertz CT molecular complexity index is 1070. The first-order valence-corrected chi connectivity index (χ1v) is 8.63. The molecule has 0 spiro atoms. The number of hydrogen-bond donors (Lipinski definition) is 2. The summed E-state index contributed by atoms with van der Waals surface area (Å²) in [5.41, 5.74) is 1.13. The van der Waals surface area contributed by atoms with Crippen LogP contribution in [0.15, 0.2) is 53.3 Å². The highest BCUT2D eigenvalue weighted by molar-refractivity contribution is 6.03. The average molecular weight is 380 g/mol. The molecule has 1 amide bonds. The van der Waals surface area contributed by atoms with Gasteiger partial charge in [0.05, 0.1) is 5.39 Å². The number of rotatable bonds is 5. The second-order valence-corrected chi connectivity index (χ2v) is 6.43. The predicted molar refractivity (Wildman–Crippen MR) is 107 cm³/mol. The Labute approximate surface area is 161 Å². The van der Waals surface area contributed by atoms with Crippen LogP contribution in [0.1, 0.15) is 17.4 Å². The zero-order valence-electron chi connectivity index (χ0n) is 15.7. The minimum absolute atomic E-state index is 0.0508. The molecule has 1 heterocycles. The van der Waals surface area contributed by atoms with Crippen LogP contribution in [0, 0.1) is 0 Å². The van der Waals surface area contributed by atoms with E-state index in [-0.39, 0.29) is 5.69 Å². The van der Waals surface area contributed by atoms with Crippen LogP contribution in [-0.4, -0.2) is 42.3 Å². The van der Waals surface area contributed by atoms with Crippen LogP contribution in [0.4, 0.5) is 11.4 Å². The Morgan fingerprint density at radius 1 is 1.07 bits per heavy atom. The summed E-state index contributed by atoms with van der Waals surface area (Å²) in [5.74, 6) is -1.27. The van der Waals surface area contributed by atoms with Crippen LogP contribution in [0.3, 0.4) is 0 Å². The van der Waals surface area contributed by atoms with Gasteiger partial charge >= 0.3 is 5.97 Å². The van der Waals surface area contributed by atoms with E-state index in [1.807, 2.05) is 31.1 Å².